The van der Waals surface area contributed by atoms with Crippen molar-refractivity contribution in [3.63, 3.8) is 0 Å². The van der Waals surface area contributed by atoms with Crippen molar-refractivity contribution in [1.82, 2.24) is 4.98 Å². The molecule has 0 radical (unpaired) electrons. The minimum atomic E-state index is 0.174. The monoisotopic (exact) mass is 247 g/mol. The normalized spacial score (nSPS) is 15.8. The summed E-state index contributed by atoms with van der Waals surface area (Å²) >= 11 is 0. The van der Waals surface area contributed by atoms with E-state index in [0.29, 0.717) is 6.04 Å². The molecule has 0 unspecified atom stereocenters. The zero-order chi connectivity index (χ0) is 13.2. The van der Waals surface area contributed by atoms with Crippen molar-refractivity contribution < 1.29 is 0 Å². The first-order valence-electron chi connectivity index (χ1n) is 6.95. The third-order valence-electron chi connectivity index (χ3n) is 3.50. The molecule has 1 saturated carbocycles. The summed E-state index contributed by atoms with van der Waals surface area (Å²) in [6.07, 6.45) is 5.66. The van der Waals surface area contributed by atoms with E-state index in [9.17, 15) is 0 Å². The van der Waals surface area contributed by atoms with Crippen LogP contribution in [0.4, 0.5) is 5.82 Å². The lowest BCUT2D eigenvalue weighted by molar-refractivity contribution is 0.587. The van der Waals surface area contributed by atoms with Crippen LogP contribution in [0.1, 0.15) is 45.6 Å². The summed E-state index contributed by atoms with van der Waals surface area (Å²) < 4.78 is 0. The van der Waals surface area contributed by atoms with Gasteiger partial charge in [-0.3, -0.25) is 0 Å². The van der Waals surface area contributed by atoms with E-state index in [-0.39, 0.29) is 5.41 Å². The molecular weight excluding hydrogens is 222 g/mol. The van der Waals surface area contributed by atoms with E-state index in [4.69, 9.17) is 5.73 Å². The first kappa shape index (κ1) is 13.3. The summed E-state index contributed by atoms with van der Waals surface area (Å²) in [6.45, 7) is 8.44. The average molecular weight is 247 g/mol. The van der Waals surface area contributed by atoms with Crippen LogP contribution >= 0.6 is 0 Å². The van der Waals surface area contributed by atoms with Crippen LogP contribution < -0.4 is 10.6 Å². The second kappa shape index (κ2) is 5.27. The van der Waals surface area contributed by atoms with Gasteiger partial charge in [0.1, 0.15) is 5.82 Å². The summed E-state index contributed by atoms with van der Waals surface area (Å²) in [5, 5.41) is 0. The molecule has 0 atom stereocenters. The van der Waals surface area contributed by atoms with Gasteiger partial charge in [0.25, 0.3) is 0 Å². The van der Waals surface area contributed by atoms with Gasteiger partial charge in [-0.15, -0.1) is 0 Å². The fraction of sp³-hybridized carbons (Fsp3) is 0.667. The number of pyridine rings is 1. The summed E-state index contributed by atoms with van der Waals surface area (Å²) in [5.41, 5.74) is 7.08. The highest BCUT2D eigenvalue weighted by Crippen LogP contribution is 2.31. The van der Waals surface area contributed by atoms with Crippen LogP contribution in [0.3, 0.4) is 0 Å². The highest BCUT2D eigenvalue weighted by molar-refractivity contribution is 5.43. The van der Waals surface area contributed by atoms with Crippen molar-refractivity contribution in [1.29, 1.82) is 0 Å². The van der Waals surface area contributed by atoms with E-state index in [2.05, 4.69) is 42.8 Å². The third kappa shape index (κ3) is 3.22. The maximum Gasteiger partial charge on any atom is 0.128 e. The molecule has 0 aromatic carbocycles. The standard InChI is InChI=1S/C15H25N3/c1-15(2,3)12-5-8-14(17-11-12)18(10-4-9-16)13-6-7-13/h5,8,11,13H,4,6-7,9-10,16H2,1-3H3. The van der Waals surface area contributed by atoms with Crippen LogP contribution in [-0.2, 0) is 5.41 Å². The van der Waals surface area contributed by atoms with Gasteiger partial charge >= 0.3 is 0 Å². The van der Waals surface area contributed by atoms with Crippen molar-refractivity contribution in [3.05, 3.63) is 23.9 Å². The maximum absolute atomic E-state index is 5.61. The van der Waals surface area contributed by atoms with E-state index in [0.717, 1.165) is 25.3 Å². The molecule has 0 amide bonds. The molecule has 1 aromatic heterocycles. The van der Waals surface area contributed by atoms with Gasteiger partial charge in [-0.1, -0.05) is 26.8 Å². The molecule has 3 heteroatoms. The van der Waals surface area contributed by atoms with Crippen LogP contribution in [0.5, 0.6) is 0 Å². The van der Waals surface area contributed by atoms with Crippen LogP contribution in [-0.4, -0.2) is 24.1 Å². The zero-order valence-corrected chi connectivity index (χ0v) is 11.8. The number of rotatable bonds is 5. The third-order valence-corrected chi connectivity index (χ3v) is 3.50. The SMILES string of the molecule is CC(C)(C)c1ccc(N(CCCN)C2CC2)nc1. The van der Waals surface area contributed by atoms with Gasteiger partial charge in [-0.05, 0) is 42.9 Å². The molecule has 1 aromatic rings. The maximum atomic E-state index is 5.61. The topological polar surface area (TPSA) is 42.1 Å². The molecule has 1 aliphatic carbocycles. The second-order valence-electron chi connectivity index (χ2n) is 6.22. The Hall–Kier alpha value is -1.09. The molecule has 1 fully saturated rings. The number of hydrogen-bond acceptors (Lipinski definition) is 3. The lowest BCUT2D eigenvalue weighted by Gasteiger charge is -2.25. The Labute approximate surface area is 110 Å². The molecule has 0 saturated heterocycles. The van der Waals surface area contributed by atoms with Gasteiger partial charge in [0.2, 0.25) is 0 Å². The van der Waals surface area contributed by atoms with E-state index >= 15 is 0 Å². The largest absolute Gasteiger partial charge is 0.354 e. The molecule has 0 aliphatic heterocycles. The minimum absolute atomic E-state index is 0.174. The van der Waals surface area contributed by atoms with Crippen molar-refractivity contribution in [3.8, 4) is 0 Å². The summed E-state index contributed by atoms with van der Waals surface area (Å²) in [6, 6.07) is 5.07. The lowest BCUT2D eigenvalue weighted by atomic mass is 9.88. The molecule has 100 valence electrons. The summed E-state index contributed by atoms with van der Waals surface area (Å²) in [5.74, 6) is 1.11. The van der Waals surface area contributed by atoms with Crippen LogP contribution in [0.25, 0.3) is 0 Å². The van der Waals surface area contributed by atoms with Gasteiger partial charge in [0.05, 0.1) is 0 Å². The predicted molar refractivity (Wildman–Crippen MR) is 77.0 cm³/mol. The minimum Gasteiger partial charge on any atom is -0.354 e. The Morgan fingerprint density at radius 3 is 2.50 bits per heavy atom. The molecule has 2 rings (SSSR count). The van der Waals surface area contributed by atoms with Gasteiger partial charge in [-0.2, -0.15) is 0 Å². The van der Waals surface area contributed by atoms with E-state index in [1.807, 2.05) is 6.20 Å². The zero-order valence-electron chi connectivity index (χ0n) is 11.8. The number of aromatic nitrogens is 1. The van der Waals surface area contributed by atoms with Crippen molar-refractivity contribution >= 4 is 5.82 Å². The Kier molecular flexibility index (Phi) is 3.91. The van der Waals surface area contributed by atoms with E-state index < -0.39 is 0 Å². The highest BCUT2D eigenvalue weighted by atomic mass is 15.2. The van der Waals surface area contributed by atoms with E-state index in [1.54, 1.807) is 0 Å². The molecule has 1 aliphatic rings. The van der Waals surface area contributed by atoms with Gasteiger partial charge in [0.15, 0.2) is 0 Å². The Morgan fingerprint density at radius 1 is 1.33 bits per heavy atom. The number of nitrogens with zero attached hydrogens (tertiary/aromatic N) is 2. The first-order valence-corrected chi connectivity index (χ1v) is 6.95. The molecule has 1 heterocycles. The van der Waals surface area contributed by atoms with E-state index in [1.165, 1.54) is 18.4 Å². The molecule has 0 bridgehead atoms. The quantitative estimate of drug-likeness (QED) is 0.870. The second-order valence-corrected chi connectivity index (χ2v) is 6.22. The fourth-order valence-electron chi connectivity index (χ4n) is 2.13. The predicted octanol–water partition coefficient (Wildman–Crippen LogP) is 2.70. The highest BCUT2D eigenvalue weighted by Gasteiger charge is 2.29. The van der Waals surface area contributed by atoms with Crippen LogP contribution in [0.2, 0.25) is 0 Å². The van der Waals surface area contributed by atoms with Crippen LogP contribution in [0, 0.1) is 0 Å². The number of hydrogen-bond donors (Lipinski definition) is 1. The van der Waals surface area contributed by atoms with Crippen molar-refractivity contribution in [2.45, 2.75) is 51.5 Å². The number of nitrogens with two attached hydrogens (primary N) is 1. The van der Waals surface area contributed by atoms with Crippen molar-refractivity contribution in [2.24, 2.45) is 5.73 Å². The first-order chi connectivity index (χ1) is 8.52. The summed E-state index contributed by atoms with van der Waals surface area (Å²) in [4.78, 5) is 7.06. The average Bonchev–Trinajstić information content (AvgIpc) is 3.13. The molecule has 3 nitrogen and oxygen atoms in total. The molecule has 18 heavy (non-hydrogen) atoms. The van der Waals surface area contributed by atoms with Gasteiger partial charge < -0.3 is 10.6 Å². The van der Waals surface area contributed by atoms with Gasteiger partial charge in [0, 0.05) is 18.8 Å². The molecule has 0 spiro atoms. The Bertz CT molecular complexity index is 374. The van der Waals surface area contributed by atoms with Crippen molar-refractivity contribution in [2.75, 3.05) is 18.0 Å². The fourth-order valence-corrected chi connectivity index (χ4v) is 2.13. The molecular formula is C15H25N3. The Balaban J connectivity index is 2.11. The summed E-state index contributed by atoms with van der Waals surface area (Å²) in [7, 11) is 0. The number of anilines is 1. The molecule has 2 N–H and O–H groups in total. The lowest BCUT2D eigenvalue weighted by Crippen LogP contribution is -2.29. The Morgan fingerprint density at radius 2 is 2.06 bits per heavy atom. The van der Waals surface area contributed by atoms with Crippen LogP contribution in [0.15, 0.2) is 18.3 Å². The smallest absolute Gasteiger partial charge is 0.128 e. The van der Waals surface area contributed by atoms with Gasteiger partial charge in [-0.25, -0.2) is 4.98 Å².